The smallest absolute Gasteiger partial charge is 0.248 e. The van der Waals surface area contributed by atoms with Crippen LogP contribution in [0, 0.1) is 12.7 Å². The molecule has 9 heteroatoms. The molecule has 1 heterocycles. The number of anilines is 3. The van der Waals surface area contributed by atoms with Gasteiger partial charge in [-0.05, 0) is 31.2 Å². The zero-order chi connectivity index (χ0) is 21.1. The first-order chi connectivity index (χ1) is 13.8. The van der Waals surface area contributed by atoms with Crippen LogP contribution in [0.25, 0.3) is 0 Å². The summed E-state index contributed by atoms with van der Waals surface area (Å²) in [7, 11) is 0. The Kier molecular flexibility index (Phi) is 5.58. The lowest BCUT2D eigenvalue weighted by molar-refractivity contribution is -0.124. The summed E-state index contributed by atoms with van der Waals surface area (Å²) in [5.41, 5.74) is 6.43. The van der Waals surface area contributed by atoms with Crippen LogP contribution in [0.1, 0.15) is 28.8 Å². The van der Waals surface area contributed by atoms with Gasteiger partial charge in [0.2, 0.25) is 23.6 Å². The van der Waals surface area contributed by atoms with E-state index in [1.54, 1.807) is 24.3 Å². The van der Waals surface area contributed by atoms with Crippen LogP contribution in [-0.4, -0.2) is 30.2 Å². The van der Waals surface area contributed by atoms with Gasteiger partial charge in [0.05, 0.1) is 11.4 Å². The minimum absolute atomic E-state index is 0.0737. The average Bonchev–Trinajstić information content (AvgIpc) is 2.68. The van der Waals surface area contributed by atoms with Crippen LogP contribution in [0.2, 0.25) is 0 Å². The number of para-hydroxylation sites is 2. The summed E-state index contributed by atoms with van der Waals surface area (Å²) < 4.78 is 13.9. The molecule has 4 amide bonds. The lowest BCUT2D eigenvalue weighted by Gasteiger charge is -2.29. The van der Waals surface area contributed by atoms with Crippen molar-refractivity contribution in [2.75, 3.05) is 22.1 Å². The van der Waals surface area contributed by atoms with Crippen LogP contribution in [0.15, 0.2) is 36.4 Å². The Morgan fingerprint density at radius 3 is 2.66 bits per heavy atom. The molecule has 150 valence electrons. The number of halogens is 1. The van der Waals surface area contributed by atoms with Crippen molar-refractivity contribution in [3.63, 3.8) is 0 Å². The van der Waals surface area contributed by atoms with Gasteiger partial charge in [-0.1, -0.05) is 12.1 Å². The predicted molar refractivity (Wildman–Crippen MR) is 105 cm³/mol. The third kappa shape index (κ3) is 4.40. The van der Waals surface area contributed by atoms with Crippen LogP contribution in [0.5, 0.6) is 0 Å². The first-order valence-electron chi connectivity index (χ1n) is 8.85. The molecule has 0 spiro atoms. The molecule has 8 nitrogen and oxygen atoms in total. The Hall–Kier alpha value is -3.75. The molecule has 1 aliphatic rings. The molecule has 0 unspecified atom stereocenters. The van der Waals surface area contributed by atoms with E-state index >= 15 is 0 Å². The normalized spacial score (nSPS) is 12.8. The molecule has 0 saturated heterocycles. The number of fused-ring (bicyclic) bond motifs is 1. The lowest BCUT2D eigenvalue weighted by atomic mass is 10.1. The van der Waals surface area contributed by atoms with Crippen LogP contribution in [0.3, 0.4) is 0 Å². The van der Waals surface area contributed by atoms with Crippen molar-refractivity contribution in [2.45, 2.75) is 19.8 Å². The maximum absolute atomic E-state index is 13.9. The number of carbonyl (C=O) groups excluding carboxylic acids is 4. The van der Waals surface area contributed by atoms with E-state index in [0.29, 0.717) is 11.4 Å². The summed E-state index contributed by atoms with van der Waals surface area (Å²) in [5, 5.41) is 5.18. The molecule has 0 fully saturated rings. The molecular formula is C20H19FN4O4. The monoisotopic (exact) mass is 398 g/mol. The SMILES string of the molecule is Cc1c(F)cc(C(N)=O)cc1NC(=O)CCC(=O)N1CC(=O)Nc2ccccc21. The van der Waals surface area contributed by atoms with E-state index in [4.69, 9.17) is 5.73 Å². The topological polar surface area (TPSA) is 122 Å². The highest BCUT2D eigenvalue weighted by Gasteiger charge is 2.26. The fourth-order valence-corrected chi connectivity index (χ4v) is 2.97. The largest absolute Gasteiger partial charge is 0.366 e. The molecule has 0 aromatic heterocycles. The molecule has 1 aliphatic heterocycles. The molecule has 0 bridgehead atoms. The number of benzene rings is 2. The number of hydrogen-bond acceptors (Lipinski definition) is 4. The molecule has 0 saturated carbocycles. The maximum atomic E-state index is 13.9. The minimum Gasteiger partial charge on any atom is -0.366 e. The lowest BCUT2D eigenvalue weighted by Crippen LogP contribution is -2.42. The quantitative estimate of drug-likeness (QED) is 0.712. The Bertz CT molecular complexity index is 1020. The van der Waals surface area contributed by atoms with Crippen LogP contribution < -0.4 is 21.3 Å². The highest BCUT2D eigenvalue weighted by atomic mass is 19.1. The Morgan fingerprint density at radius 2 is 1.93 bits per heavy atom. The number of carbonyl (C=O) groups is 4. The maximum Gasteiger partial charge on any atom is 0.248 e. The highest BCUT2D eigenvalue weighted by Crippen LogP contribution is 2.29. The molecule has 0 radical (unpaired) electrons. The average molecular weight is 398 g/mol. The Morgan fingerprint density at radius 1 is 1.21 bits per heavy atom. The van der Waals surface area contributed by atoms with Gasteiger partial charge in [0, 0.05) is 29.7 Å². The number of nitrogens with two attached hydrogens (primary N) is 1. The van der Waals surface area contributed by atoms with Gasteiger partial charge in [-0.15, -0.1) is 0 Å². The molecule has 2 aromatic carbocycles. The van der Waals surface area contributed by atoms with Gasteiger partial charge in [0.1, 0.15) is 12.4 Å². The van der Waals surface area contributed by atoms with Crippen molar-refractivity contribution in [3.8, 4) is 0 Å². The van der Waals surface area contributed by atoms with E-state index < -0.39 is 23.5 Å². The van der Waals surface area contributed by atoms with Gasteiger partial charge >= 0.3 is 0 Å². The molecule has 2 aromatic rings. The summed E-state index contributed by atoms with van der Waals surface area (Å²) in [6.07, 6.45) is -0.328. The van der Waals surface area contributed by atoms with Crippen LogP contribution in [-0.2, 0) is 14.4 Å². The molecule has 0 atom stereocenters. The van der Waals surface area contributed by atoms with Gasteiger partial charge in [-0.3, -0.25) is 19.2 Å². The van der Waals surface area contributed by atoms with Crippen molar-refractivity contribution in [1.29, 1.82) is 0 Å². The minimum atomic E-state index is -0.823. The fraction of sp³-hybridized carbons (Fsp3) is 0.200. The molecular weight excluding hydrogens is 379 g/mol. The second-order valence-corrected chi connectivity index (χ2v) is 6.59. The number of amides is 4. The van der Waals surface area contributed by atoms with Crippen molar-refractivity contribution in [2.24, 2.45) is 5.73 Å². The van der Waals surface area contributed by atoms with E-state index in [2.05, 4.69) is 10.6 Å². The first-order valence-corrected chi connectivity index (χ1v) is 8.85. The second-order valence-electron chi connectivity index (χ2n) is 6.59. The predicted octanol–water partition coefficient (Wildman–Crippen LogP) is 1.94. The number of rotatable bonds is 5. The van der Waals surface area contributed by atoms with Crippen molar-refractivity contribution in [3.05, 3.63) is 53.3 Å². The standard InChI is InChI=1S/C20H19FN4O4/c1-11-13(21)8-12(20(22)29)9-15(11)24-17(26)6-7-19(28)25-10-18(27)23-14-4-2-3-5-16(14)25/h2-5,8-9H,6-7,10H2,1H3,(H2,22,29)(H,23,27)(H,24,26). The molecule has 4 N–H and O–H groups in total. The van der Waals surface area contributed by atoms with Gasteiger partial charge in [-0.25, -0.2) is 4.39 Å². The Balaban J connectivity index is 1.67. The summed E-state index contributed by atoms with van der Waals surface area (Å²) in [6, 6.07) is 9.15. The van der Waals surface area contributed by atoms with E-state index in [1.165, 1.54) is 17.9 Å². The van der Waals surface area contributed by atoms with Crippen LogP contribution in [0.4, 0.5) is 21.5 Å². The van der Waals surface area contributed by atoms with Crippen molar-refractivity contribution in [1.82, 2.24) is 0 Å². The second kappa shape index (κ2) is 8.09. The van der Waals surface area contributed by atoms with E-state index in [1.807, 2.05) is 0 Å². The summed E-state index contributed by atoms with van der Waals surface area (Å²) >= 11 is 0. The van der Waals surface area contributed by atoms with Gasteiger partial charge < -0.3 is 21.3 Å². The molecule has 0 aliphatic carbocycles. The summed E-state index contributed by atoms with van der Waals surface area (Å²) in [4.78, 5) is 49.2. The zero-order valence-corrected chi connectivity index (χ0v) is 15.6. The third-order valence-electron chi connectivity index (χ3n) is 4.54. The van der Waals surface area contributed by atoms with Crippen molar-refractivity contribution >= 4 is 40.7 Å². The van der Waals surface area contributed by atoms with E-state index in [0.717, 1.165) is 6.07 Å². The van der Waals surface area contributed by atoms with E-state index in [9.17, 15) is 23.6 Å². The van der Waals surface area contributed by atoms with E-state index in [-0.39, 0.29) is 42.1 Å². The number of nitrogens with one attached hydrogen (secondary N) is 2. The van der Waals surface area contributed by atoms with Crippen molar-refractivity contribution < 1.29 is 23.6 Å². The first kappa shape index (κ1) is 20.0. The summed E-state index contributed by atoms with van der Waals surface area (Å²) in [6.45, 7) is 1.31. The summed E-state index contributed by atoms with van der Waals surface area (Å²) in [5.74, 6) is -2.75. The van der Waals surface area contributed by atoms with Gasteiger partial charge in [0.15, 0.2) is 0 Å². The van der Waals surface area contributed by atoms with Gasteiger partial charge in [-0.2, -0.15) is 0 Å². The molecule has 29 heavy (non-hydrogen) atoms. The Labute approximate surface area is 165 Å². The highest BCUT2D eigenvalue weighted by molar-refractivity contribution is 6.10. The number of nitrogens with zero attached hydrogens (tertiary/aromatic N) is 1. The number of primary amides is 1. The van der Waals surface area contributed by atoms with Crippen LogP contribution >= 0.6 is 0 Å². The number of hydrogen-bond donors (Lipinski definition) is 3. The zero-order valence-electron chi connectivity index (χ0n) is 15.6. The fourth-order valence-electron chi connectivity index (χ4n) is 2.97. The van der Waals surface area contributed by atoms with Gasteiger partial charge in [0.25, 0.3) is 0 Å². The third-order valence-corrected chi connectivity index (χ3v) is 4.54. The molecule has 3 rings (SSSR count).